The van der Waals surface area contributed by atoms with E-state index in [1.807, 2.05) is 0 Å². The van der Waals surface area contributed by atoms with Crippen LogP contribution in [0.1, 0.15) is 32.6 Å². The molecule has 0 saturated heterocycles. The highest BCUT2D eigenvalue weighted by atomic mass is 32.2. The van der Waals surface area contributed by atoms with Gasteiger partial charge in [-0.25, -0.2) is 0 Å². The fraction of sp³-hybridized carbons (Fsp3) is 0.800. The topological polar surface area (TPSA) is 0 Å². The number of rotatable bonds is 1. The number of allylic oxidation sites excluding steroid dienone is 1. The fourth-order valence-corrected chi connectivity index (χ4v) is 3.43. The van der Waals surface area contributed by atoms with Gasteiger partial charge in [-0.3, -0.25) is 0 Å². The van der Waals surface area contributed by atoms with Crippen LogP contribution < -0.4 is 0 Å². The van der Waals surface area contributed by atoms with Gasteiger partial charge in [0.1, 0.15) is 0 Å². The van der Waals surface area contributed by atoms with Crippen LogP contribution in [0, 0.1) is 11.8 Å². The summed E-state index contributed by atoms with van der Waals surface area (Å²) in [6.45, 7) is 2.33. The summed E-state index contributed by atoms with van der Waals surface area (Å²) in [6.07, 6.45) is 8.22. The molecule has 1 heteroatoms. The molecule has 1 aliphatic heterocycles. The van der Waals surface area contributed by atoms with E-state index in [-0.39, 0.29) is 0 Å². The van der Waals surface area contributed by atoms with E-state index in [9.17, 15) is 0 Å². The van der Waals surface area contributed by atoms with Crippen molar-refractivity contribution in [1.29, 1.82) is 0 Å². The van der Waals surface area contributed by atoms with Crippen molar-refractivity contribution in [3.05, 3.63) is 11.5 Å². The van der Waals surface area contributed by atoms with E-state index in [4.69, 9.17) is 0 Å². The lowest BCUT2D eigenvalue weighted by atomic mass is 9.80. The highest BCUT2D eigenvalue weighted by Gasteiger charge is 2.30. The zero-order valence-corrected chi connectivity index (χ0v) is 7.94. The predicted octanol–water partition coefficient (Wildman–Crippen LogP) is 3.44. The Balaban J connectivity index is 1.95. The molecule has 3 atom stereocenters. The molecule has 0 amide bonds. The van der Waals surface area contributed by atoms with Crippen LogP contribution in [0.15, 0.2) is 11.5 Å². The second-order valence-corrected chi connectivity index (χ2v) is 4.90. The Labute approximate surface area is 73.4 Å². The monoisotopic (exact) mass is 168 g/mol. The molecule has 0 nitrogen and oxygen atoms in total. The molecule has 0 aromatic rings. The SMILES string of the molecule is CCC1CCC2SC=CC2C1. The molecular formula is C10H16S. The average molecular weight is 168 g/mol. The van der Waals surface area contributed by atoms with Gasteiger partial charge in [0.05, 0.1) is 0 Å². The van der Waals surface area contributed by atoms with Crippen LogP contribution in [-0.2, 0) is 0 Å². The molecule has 1 saturated carbocycles. The minimum absolute atomic E-state index is 0.929. The standard InChI is InChI=1S/C10H16S/c1-2-8-3-4-10-9(7-8)5-6-11-10/h5-6,8-10H,2-4,7H2,1H3. The summed E-state index contributed by atoms with van der Waals surface area (Å²) in [7, 11) is 0. The summed E-state index contributed by atoms with van der Waals surface area (Å²) in [5, 5.41) is 3.27. The van der Waals surface area contributed by atoms with Gasteiger partial charge in [0.15, 0.2) is 0 Å². The Hall–Kier alpha value is 0.0900. The first-order valence-electron chi connectivity index (χ1n) is 4.72. The number of hydrogen-bond donors (Lipinski definition) is 0. The Morgan fingerprint density at radius 2 is 2.36 bits per heavy atom. The first-order chi connectivity index (χ1) is 5.40. The third-order valence-electron chi connectivity index (χ3n) is 3.10. The molecule has 0 aromatic carbocycles. The molecule has 0 N–H and O–H groups in total. The van der Waals surface area contributed by atoms with Crippen molar-refractivity contribution in [3.8, 4) is 0 Å². The van der Waals surface area contributed by atoms with Crippen molar-refractivity contribution >= 4 is 11.8 Å². The van der Waals surface area contributed by atoms with Crippen molar-refractivity contribution in [2.24, 2.45) is 11.8 Å². The Bertz CT molecular complexity index is 162. The minimum atomic E-state index is 0.929. The molecule has 2 aliphatic rings. The van der Waals surface area contributed by atoms with Crippen molar-refractivity contribution < 1.29 is 0 Å². The van der Waals surface area contributed by atoms with E-state index in [1.165, 1.54) is 25.7 Å². The molecule has 1 fully saturated rings. The van der Waals surface area contributed by atoms with Crippen LogP contribution in [0.3, 0.4) is 0 Å². The van der Waals surface area contributed by atoms with Crippen molar-refractivity contribution in [2.75, 3.05) is 0 Å². The van der Waals surface area contributed by atoms with Crippen LogP contribution >= 0.6 is 11.8 Å². The van der Waals surface area contributed by atoms with Gasteiger partial charge in [-0.05, 0) is 36.5 Å². The quantitative estimate of drug-likeness (QED) is 0.578. The van der Waals surface area contributed by atoms with E-state index in [0.717, 1.165) is 17.1 Å². The lowest BCUT2D eigenvalue weighted by Gasteiger charge is -2.30. The van der Waals surface area contributed by atoms with Crippen molar-refractivity contribution in [1.82, 2.24) is 0 Å². The maximum Gasteiger partial charge on any atom is 0.0152 e. The van der Waals surface area contributed by atoms with E-state index >= 15 is 0 Å². The second kappa shape index (κ2) is 3.22. The molecule has 0 radical (unpaired) electrons. The molecular weight excluding hydrogens is 152 g/mol. The zero-order valence-electron chi connectivity index (χ0n) is 7.12. The molecule has 62 valence electrons. The van der Waals surface area contributed by atoms with E-state index in [0.29, 0.717) is 0 Å². The van der Waals surface area contributed by atoms with E-state index < -0.39 is 0 Å². The van der Waals surface area contributed by atoms with Crippen molar-refractivity contribution in [3.63, 3.8) is 0 Å². The number of fused-ring (bicyclic) bond motifs is 1. The third kappa shape index (κ3) is 1.48. The smallest absolute Gasteiger partial charge is 0.0152 e. The van der Waals surface area contributed by atoms with E-state index in [1.54, 1.807) is 0 Å². The minimum Gasteiger partial charge on any atom is -0.130 e. The summed E-state index contributed by atoms with van der Waals surface area (Å²) in [5.41, 5.74) is 0. The summed E-state index contributed by atoms with van der Waals surface area (Å²) in [6, 6.07) is 0. The highest BCUT2D eigenvalue weighted by molar-refractivity contribution is 8.03. The van der Waals surface area contributed by atoms with Gasteiger partial charge in [-0.1, -0.05) is 19.4 Å². The molecule has 3 unspecified atom stereocenters. The van der Waals surface area contributed by atoms with Crippen LogP contribution in [0.5, 0.6) is 0 Å². The van der Waals surface area contributed by atoms with Crippen LogP contribution in [0.2, 0.25) is 0 Å². The summed E-state index contributed by atoms with van der Waals surface area (Å²) in [5.74, 6) is 1.96. The van der Waals surface area contributed by atoms with Gasteiger partial charge < -0.3 is 0 Å². The molecule has 1 heterocycles. The highest BCUT2D eigenvalue weighted by Crippen LogP contribution is 2.42. The maximum atomic E-state index is 2.43. The van der Waals surface area contributed by atoms with Crippen LogP contribution in [0.4, 0.5) is 0 Å². The van der Waals surface area contributed by atoms with Gasteiger partial charge in [0.2, 0.25) is 0 Å². The van der Waals surface area contributed by atoms with Gasteiger partial charge >= 0.3 is 0 Å². The Morgan fingerprint density at radius 1 is 1.45 bits per heavy atom. The van der Waals surface area contributed by atoms with Crippen LogP contribution in [-0.4, -0.2) is 5.25 Å². The summed E-state index contributed by atoms with van der Waals surface area (Å²) >= 11 is 2.06. The maximum absolute atomic E-state index is 2.43. The Kier molecular flexibility index (Phi) is 2.26. The number of thioether (sulfide) groups is 1. The average Bonchev–Trinajstić information content (AvgIpc) is 2.50. The molecule has 1 aliphatic carbocycles. The summed E-state index contributed by atoms with van der Waals surface area (Å²) in [4.78, 5) is 0. The van der Waals surface area contributed by atoms with Crippen molar-refractivity contribution in [2.45, 2.75) is 37.9 Å². The molecule has 0 bridgehead atoms. The molecule has 11 heavy (non-hydrogen) atoms. The first-order valence-corrected chi connectivity index (χ1v) is 5.66. The lowest BCUT2D eigenvalue weighted by molar-refractivity contribution is 0.309. The first kappa shape index (κ1) is 7.72. The zero-order chi connectivity index (χ0) is 7.68. The molecule has 2 rings (SSSR count). The molecule has 0 aromatic heterocycles. The fourth-order valence-electron chi connectivity index (χ4n) is 2.26. The Morgan fingerprint density at radius 3 is 3.18 bits per heavy atom. The lowest BCUT2D eigenvalue weighted by Crippen LogP contribution is -2.22. The van der Waals surface area contributed by atoms with Gasteiger partial charge in [-0.2, -0.15) is 0 Å². The van der Waals surface area contributed by atoms with Crippen LogP contribution in [0.25, 0.3) is 0 Å². The van der Waals surface area contributed by atoms with Gasteiger partial charge in [-0.15, -0.1) is 11.8 Å². The van der Waals surface area contributed by atoms with Gasteiger partial charge in [0.25, 0.3) is 0 Å². The molecule has 0 spiro atoms. The largest absolute Gasteiger partial charge is 0.130 e. The van der Waals surface area contributed by atoms with E-state index in [2.05, 4.69) is 30.2 Å². The number of hydrogen-bond acceptors (Lipinski definition) is 1. The summed E-state index contributed by atoms with van der Waals surface area (Å²) < 4.78 is 0. The second-order valence-electron chi connectivity index (χ2n) is 3.75. The third-order valence-corrected chi connectivity index (χ3v) is 4.35. The van der Waals surface area contributed by atoms with Gasteiger partial charge in [0, 0.05) is 5.25 Å². The predicted molar refractivity (Wildman–Crippen MR) is 51.6 cm³/mol. The normalized spacial score (nSPS) is 42.5.